The summed E-state index contributed by atoms with van der Waals surface area (Å²) in [6, 6.07) is 12.3. The molecule has 2 N–H and O–H groups in total. The highest BCUT2D eigenvalue weighted by molar-refractivity contribution is 9.10. The van der Waals surface area contributed by atoms with Crippen molar-refractivity contribution in [2.45, 2.75) is 31.7 Å². The van der Waals surface area contributed by atoms with Gasteiger partial charge >= 0.3 is 6.03 Å². The van der Waals surface area contributed by atoms with Gasteiger partial charge in [-0.1, -0.05) is 28.4 Å². The molecule has 30 heavy (non-hydrogen) atoms. The molecule has 7 heteroatoms. The van der Waals surface area contributed by atoms with E-state index in [4.69, 9.17) is 4.42 Å². The van der Waals surface area contributed by atoms with Gasteiger partial charge < -0.3 is 20.0 Å². The molecule has 2 saturated heterocycles. The van der Waals surface area contributed by atoms with Gasteiger partial charge in [-0.25, -0.2) is 4.79 Å². The maximum absolute atomic E-state index is 12.5. The summed E-state index contributed by atoms with van der Waals surface area (Å²) >= 11 is 3.54. The van der Waals surface area contributed by atoms with Crippen molar-refractivity contribution in [2.24, 2.45) is 5.92 Å². The molecule has 2 unspecified atom stereocenters. The van der Waals surface area contributed by atoms with Crippen LogP contribution in [0.5, 0.6) is 0 Å². The highest BCUT2D eigenvalue weighted by Crippen LogP contribution is 2.26. The molecule has 162 valence electrons. The lowest BCUT2D eigenvalue weighted by Gasteiger charge is -2.33. The molecule has 6 nitrogen and oxygen atoms in total. The summed E-state index contributed by atoms with van der Waals surface area (Å²) in [5.41, 5.74) is 1.24. The van der Waals surface area contributed by atoms with Crippen LogP contribution < -0.4 is 15.5 Å². The second-order valence-electron chi connectivity index (χ2n) is 8.30. The Labute approximate surface area is 187 Å². The summed E-state index contributed by atoms with van der Waals surface area (Å²) < 4.78 is 6.76. The summed E-state index contributed by atoms with van der Waals surface area (Å²) in [6.07, 6.45) is 6.51. The van der Waals surface area contributed by atoms with Crippen molar-refractivity contribution in [3.05, 3.63) is 52.9 Å². The Bertz CT molecular complexity index is 807. The maximum atomic E-state index is 12.5. The molecule has 0 saturated carbocycles. The Morgan fingerprint density at radius 1 is 1.13 bits per heavy atom. The Hall–Kier alpha value is -1.99. The number of carbonyl (C=O) groups is 1. The van der Waals surface area contributed by atoms with Gasteiger partial charge in [0.1, 0.15) is 5.76 Å². The maximum Gasteiger partial charge on any atom is 0.314 e. The predicted molar refractivity (Wildman–Crippen MR) is 123 cm³/mol. The van der Waals surface area contributed by atoms with Gasteiger partial charge in [0.15, 0.2) is 0 Å². The lowest BCUT2D eigenvalue weighted by molar-refractivity contribution is 0.143. The molecule has 4 rings (SSSR count). The molecular formula is C23H31BrN4O2. The zero-order chi connectivity index (χ0) is 20.8. The standard InChI is InChI=1S/C23H31BrN4O2/c24-19-6-4-7-20(14-19)28-12-9-18(17-28)15-25-23(29)26-16-21(22-8-5-13-30-22)27-10-2-1-3-11-27/h4-8,13-14,18,21H,1-3,9-12,15-17H2,(H2,25,26,29). The van der Waals surface area contributed by atoms with Gasteiger partial charge in [0.2, 0.25) is 0 Å². The largest absolute Gasteiger partial charge is 0.468 e. The second-order valence-corrected chi connectivity index (χ2v) is 9.22. The molecule has 2 fully saturated rings. The monoisotopic (exact) mass is 474 g/mol. The minimum absolute atomic E-state index is 0.0931. The first-order chi connectivity index (χ1) is 14.7. The summed E-state index contributed by atoms with van der Waals surface area (Å²) in [6.45, 7) is 5.38. The topological polar surface area (TPSA) is 60.8 Å². The van der Waals surface area contributed by atoms with Crippen molar-refractivity contribution in [1.82, 2.24) is 15.5 Å². The Kier molecular flexibility index (Phi) is 7.33. The molecule has 1 aromatic heterocycles. The fraction of sp³-hybridized carbons (Fsp3) is 0.522. The Balaban J connectivity index is 1.23. The number of rotatable bonds is 7. The first-order valence-corrected chi connectivity index (χ1v) is 11.8. The number of nitrogens with one attached hydrogen (secondary N) is 2. The van der Waals surface area contributed by atoms with E-state index in [1.165, 1.54) is 24.9 Å². The number of carbonyl (C=O) groups excluding carboxylic acids is 1. The van der Waals surface area contributed by atoms with Gasteiger partial charge in [-0.2, -0.15) is 0 Å². The van der Waals surface area contributed by atoms with E-state index in [1.807, 2.05) is 18.2 Å². The third-order valence-corrected chi connectivity index (χ3v) is 6.66. The van der Waals surface area contributed by atoms with Gasteiger partial charge in [0.05, 0.1) is 12.3 Å². The molecule has 2 aliphatic rings. The number of anilines is 1. The van der Waals surface area contributed by atoms with Gasteiger partial charge in [-0.3, -0.25) is 4.90 Å². The van der Waals surface area contributed by atoms with Crippen LogP contribution >= 0.6 is 15.9 Å². The molecule has 3 heterocycles. The molecule has 0 radical (unpaired) electrons. The highest BCUT2D eigenvalue weighted by atomic mass is 79.9. The smallest absolute Gasteiger partial charge is 0.314 e. The zero-order valence-corrected chi connectivity index (χ0v) is 18.9. The number of amides is 2. The van der Waals surface area contributed by atoms with Crippen LogP contribution in [0.15, 0.2) is 51.6 Å². The molecule has 2 aliphatic heterocycles. The van der Waals surface area contributed by atoms with E-state index in [0.29, 0.717) is 19.0 Å². The zero-order valence-electron chi connectivity index (χ0n) is 17.4. The van der Waals surface area contributed by atoms with Crippen molar-refractivity contribution in [1.29, 1.82) is 0 Å². The van der Waals surface area contributed by atoms with E-state index in [0.717, 1.165) is 42.8 Å². The molecule has 0 aliphatic carbocycles. The van der Waals surface area contributed by atoms with E-state index in [2.05, 4.69) is 54.6 Å². The van der Waals surface area contributed by atoms with E-state index < -0.39 is 0 Å². The number of nitrogens with zero attached hydrogens (tertiary/aromatic N) is 2. The van der Waals surface area contributed by atoms with Gasteiger partial charge in [0, 0.05) is 36.3 Å². The van der Waals surface area contributed by atoms with Crippen molar-refractivity contribution in [2.75, 3.05) is 44.2 Å². The lowest BCUT2D eigenvalue weighted by Crippen LogP contribution is -2.44. The van der Waals surface area contributed by atoms with Crippen molar-refractivity contribution < 1.29 is 9.21 Å². The first kappa shape index (κ1) is 21.2. The van der Waals surface area contributed by atoms with Gasteiger partial charge in [-0.15, -0.1) is 0 Å². The fourth-order valence-corrected chi connectivity index (χ4v) is 4.90. The van der Waals surface area contributed by atoms with Crippen LogP contribution in [0.1, 0.15) is 37.5 Å². The molecule has 1 aromatic carbocycles. The van der Waals surface area contributed by atoms with E-state index in [-0.39, 0.29) is 12.1 Å². The van der Waals surface area contributed by atoms with E-state index >= 15 is 0 Å². The number of furan rings is 1. The Morgan fingerprint density at radius 3 is 2.77 bits per heavy atom. The molecule has 2 aromatic rings. The number of hydrogen-bond acceptors (Lipinski definition) is 4. The molecular weight excluding hydrogens is 444 g/mol. The number of urea groups is 1. The van der Waals surface area contributed by atoms with Gasteiger partial charge in [-0.05, 0) is 68.6 Å². The lowest BCUT2D eigenvalue weighted by atomic mass is 10.1. The molecule has 0 bridgehead atoms. The number of piperidine rings is 1. The Morgan fingerprint density at radius 2 is 2.00 bits per heavy atom. The van der Waals surface area contributed by atoms with Crippen molar-refractivity contribution in [3.8, 4) is 0 Å². The average molecular weight is 475 g/mol. The predicted octanol–water partition coefficient (Wildman–Crippen LogP) is 4.39. The van der Waals surface area contributed by atoms with Crippen LogP contribution in [0.3, 0.4) is 0 Å². The van der Waals surface area contributed by atoms with Crippen LogP contribution in [-0.2, 0) is 0 Å². The van der Waals surface area contributed by atoms with E-state index in [1.54, 1.807) is 6.26 Å². The quantitative estimate of drug-likeness (QED) is 0.624. The number of benzene rings is 1. The van der Waals surface area contributed by atoms with Crippen LogP contribution in [-0.4, -0.2) is 50.2 Å². The van der Waals surface area contributed by atoms with Crippen LogP contribution in [0, 0.1) is 5.92 Å². The van der Waals surface area contributed by atoms with Crippen molar-refractivity contribution in [3.63, 3.8) is 0 Å². The normalized spacial score (nSPS) is 20.8. The minimum Gasteiger partial charge on any atom is -0.468 e. The number of halogens is 1. The molecule has 2 amide bonds. The minimum atomic E-state index is -0.0931. The van der Waals surface area contributed by atoms with Crippen LogP contribution in [0.25, 0.3) is 0 Å². The number of hydrogen-bond donors (Lipinski definition) is 2. The SMILES string of the molecule is O=C(NCC1CCN(c2cccc(Br)c2)C1)NCC(c1ccco1)N1CCCCC1. The average Bonchev–Trinajstić information content (AvgIpc) is 3.46. The summed E-state index contributed by atoms with van der Waals surface area (Å²) in [7, 11) is 0. The third kappa shape index (κ3) is 5.58. The number of likely N-dealkylation sites (tertiary alicyclic amines) is 1. The molecule has 2 atom stereocenters. The van der Waals surface area contributed by atoms with E-state index in [9.17, 15) is 4.79 Å². The van der Waals surface area contributed by atoms with Crippen LogP contribution in [0.2, 0.25) is 0 Å². The highest BCUT2D eigenvalue weighted by Gasteiger charge is 2.26. The van der Waals surface area contributed by atoms with Crippen molar-refractivity contribution >= 4 is 27.6 Å². The first-order valence-electron chi connectivity index (χ1n) is 11.0. The summed E-state index contributed by atoms with van der Waals surface area (Å²) in [4.78, 5) is 17.3. The second kappa shape index (κ2) is 10.4. The fourth-order valence-electron chi connectivity index (χ4n) is 4.52. The third-order valence-electron chi connectivity index (χ3n) is 6.17. The van der Waals surface area contributed by atoms with Crippen LogP contribution in [0.4, 0.5) is 10.5 Å². The molecule has 0 spiro atoms. The summed E-state index contributed by atoms with van der Waals surface area (Å²) in [5.74, 6) is 1.40. The van der Waals surface area contributed by atoms with Gasteiger partial charge in [0.25, 0.3) is 0 Å². The summed E-state index contributed by atoms with van der Waals surface area (Å²) in [5, 5.41) is 6.15.